The Bertz CT molecular complexity index is 888. The third-order valence-electron chi connectivity index (χ3n) is 7.93. The van der Waals surface area contributed by atoms with Gasteiger partial charge in [-0.2, -0.15) is 0 Å². The fraction of sp³-hybridized carbons (Fsp3) is 0.667. The number of nitrogens with one attached hydrogen (secondary N) is 1. The maximum Gasteiger partial charge on any atom is 0.251 e. The number of fused-ring (bicyclic) bond motifs is 1. The standard InChI is InChI=1S/C27H38ClN3O2/c1-17(2)24(30-25(32)20-7-10-23-19(15-20)11-13-29-23)26(33)31-14-12-22(27(3,4)16-31)18-5-8-21(28)9-6-18/h5,7-8,10,13,15,17-19,21-24H,6,9,11-12,14,16H2,1-4H3,(H,30,32)/t18?,19?,21?,22-,23?,24-/m1/s1. The summed E-state index contributed by atoms with van der Waals surface area (Å²) in [5.74, 6) is 1.20. The molecular formula is C27H38ClN3O2. The molecule has 2 heterocycles. The van der Waals surface area contributed by atoms with Gasteiger partial charge in [0.25, 0.3) is 5.91 Å². The lowest BCUT2D eigenvalue weighted by Crippen LogP contribution is -2.57. The van der Waals surface area contributed by atoms with Gasteiger partial charge in [-0.3, -0.25) is 14.6 Å². The van der Waals surface area contributed by atoms with E-state index in [9.17, 15) is 9.59 Å². The number of alkyl halides is 1. The summed E-state index contributed by atoms with van der Waals surface area (Å²) in [7, 11) is 0. The molecule has 5 nitrogen and oxygen atoms in total. The van der Waals surface area contributed by atoms with Gasteiger partial charge in [-0.1, -0.05) is 58.1 Å². The maximum absolute atomic E-state index is 13.6. The summed E-state index contributed by atoms with van der Waals surface area (Å²) in [5, 5.41) is 3.21. The molecule has 6 atom stereocenters. The lowest BCUT2D eigenvalue weighted by Gasteiger charge is -2.48. The van der Waals surface area contributed by atoms with Crippen LogP contribution in [0.4, 0.5) is 0 Å². The summed E-state index contributed by atoms with van der Waals surface area (Å²) in [6.45, 7) is 10.0. The SMILES string of the molecule is CC(C)[C@@H](NC(=O)C1=CC2CC=NC2C=C1)C(=O)N1CC[C@H](C2C=CC(Cl)CC2)C(C)(C)C1. The van der Waals surface area contributed by atoms with Crippen LogP contribution >= 0.6 is 11.6 Å². The van der Waals surface area contributed by atoms with Gasteiger partial charge in [0.15, 0.2) is 0 Å². The minimum absolute atomic E-state index is 0.0136. The molecule has 4 aliphatic rings. The quantitative estimate of drug-likeness (QED) is 0.473. The highest BCUT2D eigenvalue weighted by Gasteiger charge is 2.43. The third-order valence-corrected chi connectivity index (χ3v) is 8.29. The van der Waals surface area contributed by atoms with Crippen LogP contribution in [0.1, 0.15) is 53.4 Å². The first-order chi connectivity index (χ1) is 15.7. The number of carbonyl (C=O) groups is 2. The molecule has 1 saturated heterocycles. The van der Waals surface area contributed by atoms with E-state index >= 15 is 0 Å². The maximum atomic E-state index is 13.6. The summed E-state index contributed by atoms with van der Waals surface area (Å²) in [5.41, 5.74) is 0.653. The summed E-state index contributed by atoms with van der Waals surface area (Å²) < 4.78 is 0. The second kappa shape index (κ2) is 9.77. The Kier molecular flexibility index (Phi) is 7.18. The number of hydrogen-bond donors (Lipinski definition) is 1. The van der Waals surface area contributed by atoms with Gasteiger partial charge >= 0.3 is 0 Å². The van der Waals surface area contributed by atoms with Crippen molar-refractivity contribution in [2.75, 3.05) is 13.1 Å². The largest absolute Gasteiger partial charge is 0.340 e. The average molecular weight is 472 g/mol. The molecule has 1 N–H and O–H groups in total. The number of piperidine rings is 1. The molecule has 0 aromatic rings. The molecule has 6 heteroatoms. The van der Waals surface area contributed by atoms with Crippen molar-refractivity contribution in [3.63, 3.8) is 0 Å². The Morgan fingerprint density at radius 1 is 1.15 bits per heavy atom. The number of halogens is 1. The Hall–Kier alpha value is -1.88. The zero-order chi connectivity index (χ0) is 23.8. The Morgan fingerprint density at radius 3 is 2.61 bits per heavy atom. The number of aliphatic imine (C=N–C) groups is 1. The van der Waals surface area contributed by atoms with Crippen LogP contribution in [0.15, 0.2) is 40.9 Å². The fourth-order valence-corrected chi connectivity index (χ4v) is 6.20. The number of allylic oxidation sites excluding steroid dienone is 2. The van der Waals surface area contributed by atoms with E-state index in [1.807, 2.05) is 43.2 Å². The molecule has 33 heavy (non-hydrogen) atoms. The first-order valence-corrected chi connectivity index (χ1v) is 12.9. The Labute approximate surface area is 203 Å². The topological polar surface area (TPSA) is 61.8 Å². The van der Waals surface area contributed by atoms with Crippen LogP contribution in [0.5, 0.6) is 0 Å². The highest BCUT2D eigenvalue weighted by atomic mass is 35.5. The van der Waals surface area contributed by atoms with E-state index in [-0.39, 0.29) is 40.5 Å². The van der Waals surface area contributed by atoms with Crippen molar-refractivity contribution in [1.29, 1.82) is 0 Å². The minimum atomic E-state index is -0.525. The summed E-state index contributed by atoms with van der Waals surface area (Å²) in [6.07, 6.45) is 16.2. The predicted molar refractivity (Wildman–Crippen MR) is 134 cm³/mol. The van der Waals surface area contributed by atoms with Gasteiger partial charge in [0.05, 0.1) is 11.4 Å². The molecule has 2 aliphatic carbocycles. The van der Waals surface area contributed by atoms with Gasteiger partial charge in [0.2, 0.25) is 5.91 Å². The number of nitrogens with zero attached hydrogens (tertiary/aromatic N) is 2. The fourth-order valence-electron chi connectivity index (χ4n) is 5.99. The number of likely N-dealkylation sites (tertiary alicyclic amines) is 1. The van der Waals surface area contributed by atoms with Crippen molar-refractivity contribution in [3.8, 4) is 0 Å². The van der Waals surface area contributed by atoms with E-state index in [1.54, 1.807) is 0 Å². The highest BCUT2D eigenvalue weighted by Crippen LogP contribution is 2.43. The second-order valence-electron chi connectivity index (χ2n) is 11.2. The van der Waals surface area contributed by atoms with Gasteiger partial charge in [-0.15, -0.1) is 11.6 Å². The zero-order valence-electron chi connectivity index (χ0n) is 20.3. The molecule has 0 saturated carbocycles. The first-order valence-electron chi connectivity index (χ1n) is 12.5. The normalized spacial score (nSPS) is 33.6. The van der Waals surface area contributed by atoms with E-state index in [0.717, 1.165) is 32.2 Å². The average Bonchev–Trinajstić information content (AvgIpc) is 3.24. The highest BCUT2D eigenvalue weighted by molar-refractivity contribution is 6.21. The molecule has 4 rings (SSSR count). The van der Waals surface area contributed by atoms with E-state index in [1.165, 1.54) is 0 Å². The van der Waals surface area contributed by atoms with Crippen LogP contribution in [0.2, 0.25) is 0 Å². The van der Waals surface area contributed by atoms with Gasteiger partial charge in [0.1, 0.15) is 6.04 Å². The van der Waals surface area contributed by atoms with Crippen LogP contribution in [0.3, 0.4) is 0 Å². The summed E-state index contributed by atoms with van der Waals surface area (Å²) >= 11 is 6.26. The molecule has 2 amide bonds. The van der Waals surface area contributed by atoms with Crippen molar-refractivity contribution in [2.24, 2.45) is 34.1 Å². The molecule has 0 radical (unpaired) electrons. The van der Waals surface area contributed by atoms with Crippen molar-refractivity contribution >= 4 is 29.6 Å². The molecular weight excluding hydrogens is 434 g/mol. The monoisotopic (exact) mass is 471 g/mol. The van der Waals surface area contributed by atoms with E-state index in [2.05, 4.69) is 36.3 Å². The van der Waals surface area contributed by atoms with Crippen LogP contribution in [0.25, 0.3) is 0 Å². The number of carbonyl (C=O) groups excluding carboxylic acids is 2. The zero-order valence-corrected chi connectivity index (χ0v) is 21.1. The Morgan fingerprint density at radius 2 is 1.94 bits per heavy atom. The van der Waals surface area contributed by atoms with Crippen molar-refractivity contribution in [2.45, 2.75) is 70.8 Å². The van der Waals surface area contributed by atoms with Crippen LogP contribution < -0.4 is 5.32 Å². The smallest absolute Gasteiger partial charge is 0.251 e. The predicted octanol–water partition coefficient (Wildman–Crippen LogP) is 4.53. The second-order valence-corrected chi connectivity index (χ2v) is 11.7. The molecule has 0 aromatic carbocycles. The molecule has 4 unspecified atom stereocenters. The van der Waals surface area contributed by atoms with E-state index in [4.69, 9.17) is 11.6 Å². The molecule has 1 fully saturated rings. The molecule has 0 spiro atoms. The number of hydrogen-bond acceptors (Lipinski definition) is 3. The first kappa shape index (κ1) is 24.3. The summed E-state index contributed by atoms with van der Waals surface area (Å²) in [4.78, 5) is 33.0. The van der Waals surface area contributed by atoms with Crippen molar-refractivity contribution in [3.05, 3.63) is 36.0 Å². The van der Waals surface area contributed by atoms with Gasteiger partial charge in [0, 0.05) is 30.8 Å². The number of rotatable bonds is 5. The van der Waals surface area contributed by atoms with E-state index < -0.39 is 6.04 Å². The van der Waals surface area contributed by atoms with Crippen LogP contribution in [-0.2, 0) is 9.59 Å². The van der Waals surface area contributed by atoms with Crippen molar-refractivity contribution in [1.82, 2.24) is 10.2 Å². The molecule has 0 bridgehead atoms. The van der Waals surface area contributed by atoms with Gasteiger partial charge in [-0.25, -0.2) is 0 Å². The van der Waals surface area contributed by atoms with Crippen LogP contribution in [0, 0.1) is 29.1 Å². The number of amides is 2. The Balaban J connectivity index is 1.40. The lowest BCUT2D eigenvalue weighted by atomic mass is 9.65. The summed E-state index contributed by atoms with van der Waals surface area (Å²) in [6, 6.07) is -0.370. The van der Waals surface area contributed by atoms with Crippen molar-refractivity contribution < 1.29 is 9.59 Å². The third kappa shape index (κ3) is 5.29. The van der Waals surface area contributed by atoms with E-state index in [0.29, 0.717) is 24.0 Å². The lowest BCUT2D eigenvalue weighted by molar-refractivity contribution is -0.141. The van der Waals surface area contributed by atoms with Gasteiger partial charge < -0.3 is 10.2 Å². The molecule has 0 aromatic heterocycles. The minimum Gasteiger partial charge on any atom is -0.340 e. The van der Waals surface area contributed by atoms with Gasteiger partial charge in [-0.05, 0) is 48.9 Å². The molecule has 180 valence electrons. The molecule has 2 aliphatic heterocycles. The van der Waals surface area contributed by atoms with Crippen LogP contribution in [-0.4, -0.2) is 53.5 Å².